The van der Waals surface area contributed by atoms with Crippen molar-refractivity contribution in [1.29, 1.82) is 0 Å². The number of rotatable bonds is 2. The average Bonchev–Trinajstić information content (AvgIpc) is 2.97. The highest BCUT2D eigenvalue weighted by atomic mass is 35.5. The van der Waals surface area contributed by atoms with Crippen molar-refractivity contribution in [2.45, 2.75) is 6.92 Å². The van der Waals surface area contributed by atoms with E-state index in [1.165, 1.54) is 11.3 Å². The predicted octanol–water partition coefficient (Wildman–Crippen LogP) is 2.96. The first kappa shape index (κ1) is 12.3. The van der Waals surface area contributed by atoms with Crippen molar-refractivity contribution in [3.63, 3.8) is 0 Å². The van der Waals surface area contributed by atoms with Crippen molar-refractivity contribution in [2.75, 3.05) is 0 Å². The zero-order chi connectivity index (χ0) is 13.4. The van der Waals surface area contributed by atoms with Crippen LogP contribution in [-0.2, 0) is 7.05 Å². The van der Waals surface area contributed by atoms with Crippen molar-refractivity contribution in [2.24, 2.45) is 7.05 Å². The van der Waals surface area contributed by atoms with E-state index < -0.39 is 0 Å². The van der Waals surface area contributed by atoms with E-state index in [4.69, 9.17) is 11.6 Å². The molecule has 0 aliphatic heterocycles. The number of aryl methyl sites for hydroxylation is 2. The first-order chi connectivity index (χ1) is 9.11. The summed E-state index contributed by atoms with van der Waals surface area (Å²) in [6, 6.07) is 1.93. The van der Waals surface area contributed by atoms with Crippen molar-refractivity contribution in [3.8, 4) is 22.1 Å². The first-order valence-electron chi connectivity index (χ1n) is 5.58. The number of thiazole rings is 1. The molecule has 3 aromatic rings. The van der Waals surface area contributed by atoms with Crippen LogP contribution >= 0.6 is 22.9 Å². The highest BCUT2D eigenvalue weighted by Gasteiger charge is 2.11. The molecular weight excluding hydrogens is 282 g/mol. The van der Waals surface area contributed by atoms with Gasteiger partial charge in [-0.15, -0.1) is 11.3 Å². The molecule has 0 bridgehead atoms. The minimum Gasteiger partial charge on any atom is -0.275 e. The Hall–Kier alpha value is -1.79. The smallest absolute Gasteiger partial charge is 0.189 e. The van der Waals surface area contributed by atoms with Crippen LogP contribution in [0.15, 0.2) is 23.8 Å². The summed E-state index contributed by atoms with van der Waals surface area (Å²) in [6.07, 6.45) is 3.70. The zero-order valence-corrected chi connectivity index (χ0v) is 11.9. The molecule has 0 amide bonds. The molecule has 5 nitrogen and oxygen atoms in total. The van der Waals surface area contributed by atoms with Gasteiger partial charge in [-0.3, -0.25) is 4.68 Å². The molecule has 3 aromatic heterocycles. The first-order valence-corrected chi connectivity index (χ1v) is 6.84. The molecule has 3 heterocycles. The number of hydrogen-bond donors (Lipinski definition) is 0. The van der Waals surface area contributed by atoms with Crippen LogP contribution in [0.25, 0.3) is 22.1 Å². The third kappa shape index (κ3) is 2.50. The average molecular weight is 292 g/mol. The van der Waals surface area contributed by atoms with E-state index in [2.05, 4.69) is 20.1 Å². The quantitative estimate of drug-likeness (QED) is 0.728. The van der Waals surface area contributed by atoms with Crippen LogP contribution in [0.3, 0.4) is 0 Å². The van der Waals surface area contributed by atoms with Crippen LogP contribution in [0.1, 0.15) is 5.69 Å². The van der Waals surface area contributed by atoms with E-state index in [0.717, 1.165) is 22.0 Å². The fraction of sp³-hybridized carbons (Fsp3) is 0.167. The molecular formula is C12H10ClN5S. The van der Waals surface area contributed by atoms with Gasteiger partial charge in [0.1, 0.15) is 5.15 Å². The molecule has 0 fully saturated rings. The molecule has 96 valence electrons. The molecule has 0 saturated heterocycles. The van der Waals surface area contributed by atoms with Crippen molar-refractivity contribution in [3.05, 3.63) is 34.7 Å². The molecule has 0 aliphatic rings. The van der Waals surface area contributed by atoms with E-state index >= 15 is 0 Å². The molecule has 19 heavy (non-hydrogen) atoms. The van der Waals surface area contributed by atoms with Gasteiger partial charge in [0, 0.05) is 29.9 Å². The molecule has 0 atom stereocenters. The fourth-order valence-electron chi connectivity index (χ4n) is 1.72. The highest BCUT2D eigenvalue weighted by Crippen LogP contribution is 2.25. The largest absolute Gasteiger partial charge is 0.275 e. The maximum Gasteiger partial charge on any atom is 0.189 e. The maximum absolute atomic E-state index is 5.84. The second kappa shape index (κ2) is 4.71. The van der Waals surface area contributed by atoms with Gasteiger partial charge in [0.15, 0.2) is 10.8 Å². The van der Waals surface area contributed by atoms with E-state index in [1.54, 1.807) is 16.3 Å². The van der Waals surface area contributed by atoms with Gasteiger partial charge in [-0.2, -0.15) is 5.10 Å². The molecule has 0 saturated carbocycles. The summed E-state index contributed by atoms with van der Waals surface area (Å²) in [5.41, 5.74) is 2.68. The van der Waals surface area contributed by atoms with Gasteiger partial charge in [-0.25, -0.2) is 15.0 Å². The fourth-order valence-corrected chi connectivity index (χ4v) is 2.60. The Morgan fingerprint density at radius 1 is 1.26 bits per heavy atom. The van der Waals surface area contributed by atoms with Gasteiger partial charge in [-0.05, 0) is 13.0 Å². The summed E-state index contributed by atoms with van der Waals surface area (Å²) < 4.78 is 1.74. The molecule has 0 radical (unpaired) electrons. The molecule has 0 aliphatic carbocycles. The summed E-state index contributed by atoms with van der Waals surface area (Å²) in [7, 11) is 1.87. The molecule has 0 unspecified atom stereocenters. The normalized spacial score (nSPS) is 10.9. The summed E-state index contributed by atoms with van der Waals surface area (Å²) >= 11 is 7.27. The topological polar surface area (TPSA) is 56.5 Å². The Balaban J connectivity index is 2.10. The van der Waals surface area contributed by atoms with Gasteiger partial charge in [0.2, 0.25) is 0 Å². The lowest BCUT2D eigenvalue weighted by molar-refractivity contribution is 0.768. The number of hydrogen-bond acceptors (Lipinski definition) is 5. The monoisotopic (exact) mass is 291 g/mol. The van der Waals surface area contributed by atoms with Crippen molar-refractivity contribution < 1.29 is 0 Å². The van der Waals surface area contributed by atoms with Gasteiger partial charge in [-0.1, -0.05) is 11.6 Å². The van der Waals surface area contributed by atoms with Crippen LogP contribution < -0.4 is 0 Å². The van der Waals surface area contributed by atoms with Gasteiger partial charge < -0.3 is 0 Å². The number of nitrogens with zero attached hydrogens (tertiary/aromatic N) is 5. The van der Waals surface area contributed by atoms with E-state index in [9.17, 15) is 0 Å². The van der Waals surface area contributed by atoms with Gasteiger partial charge in [0.05, 0.1) is 11.9 Å². The number of halogens is 1. The Morgan fingerprint density at radius 3 is 2.74 bits per heavy atom. The van der Waals surface area contributed by atoms with Crippen LogP contribution in [-0.4, -0.2) is 24.7 Å². The van der Waals surface area contributed by atoms with E-state index in [-0.39, 0.29) is 0 Å². The summed E-state index contributed by atoms with van der Waals surface area (Å²) in [4.78, 5) is 13.1. The molecule has 7 heteroatoms. The third-order valence-corrected chi connectivity index (χ3v) is 3.68. The lowest BCUT2D eigenvalue weighted by atomic mass is 10.2. The van der Waals surface area contributed by atoms with Crippen LogP contribution in [0, 0.1) is 6.92 Å². The molecule has 0 spiro atoms. The lowest BCUT2D eigenvalue weighted by Gasteiger charge is -2.02. The van der Waals surface area contributed by atoms with Crippen LogP contribution in [0.5, 0.6) is 0 Å². The summed E-state index contributed by atoms with van der Waals surface area (Å²) in [5, 5.41) is 7.11. The van der Waals surface area contributed by atoms with Crippen LogP contribution in [0.4, 0.5) is 0 Å². The molecule has 0 N–H and O–H groups in total. The Labute approximate surface area is 118 Å². The third-order valence-electron chi connectivity index (χ3n) is 2.52. The lowest BCUT2D eigenvalue weighted by Crippen LogP contribution is -1.94. The summed E-state index contributed by atoms with van der Waals surface area (Å²) in [6.45, 7) is 1.93. The standard InChI is InChI=1S/C12H10ClN5S/c1-7-3-9(8-4-14-18(2)5-8)16-11(15-7)12-17-10(13)6-19-12/h3-6H,1-2H3. The van der Waals surface area contributed by atoms with Crippen molar-refractivity contribution in [1.82, 2.24) is 24.7 Å². The second-order valence-electron chi connectivity index (χ2n) is 4.10. The Bertz CT molecular complexity index is 675. The highest BCUT2D eigenvalue weighted by molar-refractivity contribution is 7.13. The molecule has 0 aromatic carbocycles. The minimum absolute atomic E-state index is 0.466. The van der Waals surface area contributed by atoms with E-state index in [1.807, 2.05) is 26.2 Å². The summed E-state index contributed by atoms with van der Waals surface area (Å²) in [5.74, 6) is 0.593. The SMILES string of the molecule is Cc1cc(-c2cnn(C)c2)nc(-c2nc(Cl)cs2)n1. The van der Waals surface area contributed by atoms with Crippen LogP contribution in [0.2, 0.25) is 5.15 Å². The number of aromatic nitrogens is 5. The Morgan fingerprint density at radius 2 is 2.11 bits per heavy atom. The zero-order valence-electron chi connectivity index (χ0n) is 10.3. The minimum atomic E-state index is 0.466. The maximum atomic E-state index is 5.84. The Kier molecular flexibility index (Phi) is 3.04. The second-order valence-corrected chi connectivity index (χ2v) is 5.34. The van der Waals surface area contributed by atoms with Gasteiger partial charge in [0.25, 0.3) is 0 Å². The van der Waals surface area contributed by atoms with Gasteiger partial charge >= 0.3 is 0 Å². The van der Waals surface area contributed by atoms with Crippen molar-refractivity contribution >= 4 is 22.9 Å². The van der Waals surface area contributed by atoms with E-state index in [0.29, 0.717) is 11.0 Å². The molecule has 3 rings (SSSR count). The predicted molar refractivity (Wildman–Crippen MR) is 75.1 cm³/mol.